The minimum atomic E-state index is -0.319. The molecule has 0 aromatic heterocycles. The van der Waals surface area contributed by atoms with Gasteiger partial charge in [-0.25, -0.2) is 0 Å². The van der Waals surface area contributed by atoms with Crippen molar-refractivity contribution in [3.63, 3.8) is 0 Å². The maximum Gasteiger partial charge on any atom is 0.292 e. The topological polar surface area (TPSA) is 67.2 Å². The van der Waals surface area contributed by atoms with E-state index in [9.17, 15) is 10.1 Å². The second-order valence-corrected chi connectivity index (χ2v) is 4.82. The molecule has 0 saturated carbocycles. The van der Waals surface area contributed by atoms with E-state index in [2.05, 4.69) is 10.6 Å². The fraction of sp³-hybridized carbons (Fsp3) is 0.455. The molecule has 1 aliphatic rings. The number of rotatable bonds is 5. The number of nitrogens with one attached hydrogen (secondary N) is 2. The first-order valence-electron chi connectivity index (χ1n) is 5.51. The summed E-state index contributed by atoms with van der Waals surface area (Å²) >= 11 is 1.72. The van der Waals surface area contributed by atoms with Gasteiger partial charge in [0.15, 0.2) is 0 Å². The predicted octanol–water partition coefficient (Wildman–Crippen LogP) is 2.34. The number of fused-ring (bicyclic) bond motifs is 1. The lowest BCUT2D eigenvalue weighted by Crippen LogP contribution is -2.08. The first-order chi connectivity index (χ1) is 8.24. The monoisotopic (exact) mass is 253 g/mol. The molecule has 1 aliphatic heterocycles. The van der Waals surface area contributed by atoms with E-state index < -0.39 is 0 Å². The zero-order valence-corrected chi connectivity index (χ0v) is 10.5. The van der Waals surface area contributed by atoms with Crippen LogP contribution in [0.25, 0.3) is 0 Å². The Hall–Kier alpha value is -1.43. The van der Waals surface area contributed by atoms with E-state index in [-0.39, 0.29) is 10.6 Å². The van der Waals surface area contributed by atoms with Crippen LogP contribution >= 0.6 is 11.8 Å². The number of nitrogens with zero attached hydrogens (tertiary/aromatic N) is 1. The normalized spacial score (nSPS) is 13.0. The largest absolute Gasteiger partial charge is 0.384 e. The molecule has 17 heavy (non-hydrogen) atoms. The number of anilines is 2. The fourth-order valence-electron chi connectivity index (χ4n) is 2.01. The van der Waals surface area contributed by atoms with Gasteiger partial charge in [-0.05, 0) is 18.7 Å². The molecule has 6 heteroatoms. The third-order valence-corrected chi connectivity index (χ3v) is 3.40. The van der Waals surface area contributed by atoms with Crippen molar-refractivity contribution in [2.45, 2.75) is 6.42 Å². The van der Waals surface area contributed by atoms with E-state index in [1.54, 1.807) is 23.9 Å². The predicted molar refractivity (Wildman–Crippen MR) is 72.2 cm³/mol. The summed E-state index contributed by atoms with van der Waals surface area (Å²) in [5.41, 5.74) is 2.92. The molecule has 92 valence electrons. The van der Waals surface area contributed by atoms with Gasteiger partial charge in [-0.1, -0.05) is 0 Å². The van der Waals surface area contributed by atoms with Gasteiger partial charge in [0.25, 0.3) is 5.69 Å². The Kier molecular flexibility index (Phi) is 3.73. The Morgan fingerprint density at radius 1 is 1.59 bits per heavy atom. The highest BCUT2D eigenvalue weighted by Gasteiger charge is 2.23. The second kappa shape index (κ2) is 5.27. The van der Waals surface area contributed by atoms with Gasteiger partial charge >= 0.3 is 0 Å². The lowest BCUT2D eigenvalue weighted by molar-refractivity contribution is -0.384. The van der Waals surface area contributed by atoms with Crippen molar-refractivity contribution in [3.8, 4) is 0 Å². The zero-order valence-electron chi connectivity index (χ0n) is 9.66. The molecule has 1 aromatic carbocycles. The molecule has 0 aliphatic carbocycles. The average Bonchev–Trinajstić information content (AvgIpc) is 2.77. The molecular formula is C11H15N3O2S. The molecular weight excluding hydrogens is 238 g/mol. The first-order valence-corrected chi connectivity index (χ1v) is 6.90. The molecule has 1 aromatic rings. The lowest BCUT2D eigenvalue weighted by Gasteiger charge is -2.10. The highest BCUT2D eigenvalue weighted by atomic mass is 32.2. The van der Waals surface area contributed by atoms with Crippen molar-refractivity contribution in [3.05, 3.63) is 27.8 Å². The summed E-state index contributed by atoms with van der Waals surface area (Å²) in [5.74, 6) is 0.939. The van der Waals surface area contributed by atoms with Crippen molar-refractivity contribution in [1.82, 2.24) is 0 Å². The number of hydrogen-bond donors (Lipinski definition) is 2. The third-order valence-electron chi connectivity index (χ3n) is 2.79. The van der Waals surface area contributed by atoms with Gasteiger partial charge in [-0.3, -0.25) is 10.1 Å². The number of nitro groups is 1. The Balaban J connectivity index is 2.31. The summed E-state index contributed by atoms with van der Waals surface area (Å²) in [6, 6.07) is 3.36. The van der Waals surface area contributed by atoms with Crippen LogP contribution in [0.2, 0.25) is 0 Å². The minimum absolute atomic E-state index is 0.175. The molecule has 0 amide bonds. The summed E-state index contributed by atoms with van der Waals surface area (Å²) in [5, 5.41) is 17.4. The molecule has 0 bridgehead atoms. The minimum Gasteiger partial charge on any atom is -0.384 e. The first kappa shape index (κ1) is 12.0. The SMILES string of the molecule is CSCCNc1c([N+](=O)[O-])ccc2c1CCN2. The van der Waals surface area contributed by atoms with Crippen molar-refractivity contribution in [2.75, 3.05) is 35.7 Å². The van der Waals surface area contributed by atoms with Crippen molar-refractivity contribution >= 4 is 28.8 Å². The van der Waals surface area contributed by atoms with Crippen LogP contribution in [0.3, 0.4) is 0 Å². The van der Waals surface area contributed by atoms with Gasteiger partial charge in [0.2, 0.25) is 0 Å². The standard InChI is InChI=1S/C11H15N3O2S/c1-17-7-6-13-11-8-4-5-12-9(8)2-3-10(11)14(15)16/h2-3,12-13H,4-7H2,1H3. The molecule has 0 saturated heterocycles. The molecule has 1 heterocycles. The van der Waals surface area contributed by atoms with Gasteiger partial charge in [0, 0.05) is 36.2 Å². The van der Waals surface area contributed by atoms with Crippen LogP contribution < -0.4 is 10.6 Å². The van der Waals surface area contributed by atoms with Crippen LogP contribution in [-0.4, -0.2) is 30.0 Å². The second-order valence-electron chi connectivity index (χ2n) is 3.84. The molecule has 0 atom stereocenters. The van der Waals surface area contributed by atoms with Gasteiger partial charge < -0.3 is 10.6 Å². The van der Waals surface area contributed by atoms with E-state index in [4.69, 9.17) is 0 Å². The molecule has 2 N–H and O–H groups in total. The van der Waals surface area contributed by atoms with E-state index >= 15 is 0 Å². The molecule has 2 rings (SSSR count). The molecule has 0 fully saturated rings. The highest BCUT2D eigenvalue weighted by Crippen LogP contribution is 2.36. The summed E-state index contributed by atoms with van der Waals surface area (Å²) in [6.07, 6.45) is 2.87. The van der Waals surface area contributed by atoms with Crippen LogP contribution in [0.4, 0.5) is 17.1 Å². The zero-order chi connectivity index (χ0) is 12.3. The van der Waals surface area contributed by atoms with Crippen LogP contribution in [0.15, 0.2) is 12.1 Å². The van der Waals surface area contributed by atoms with Gasteiger partial charge in [0.05, 0.1) is 4.92 Å². The quantitative estimate of drug-likeness (QED) is 0.479. The van der Waals surface area contributed by atoms with Gasteiger partial charge in [0.1, 0.15) is 5.69 Å². The van der Waals surface area contributed by atoms with Gasteiger partial charge in [-0.15, -0.1) is 0 Å². The molecule has 0 unspecified atom stereocenters. The summed E-state index contributed by atoms with van der Waals surface area (Å²) < 4.78 is 0. The maximum atomic E-state index is 11.0. The third kappa shape index (κ3) is 2.46. The van der Waals surface area contributed by atoms with Crippen LogP contribution in [0.5, 0.6) is 0 Å². The Bertz CT molecular complexity index is 437. The van der Waals surface area contributed by atoms with E-state index in [1.807, 2.05) is 6.26 Å². The smallest absolute Gasteiger partial charge is 0.292 e. The Labute approximate surface area is 104 Å². The van der Waals surface area contributed by atoms with E-state index in [0.717, 1.165) is 36.5 Å². The lowest BCUT2D eigenvalue weighted by atomic mass is 10.1. The molecule has 0 spiro atoms. The van der Waals surface area contributed by atoms with Crippen molar-refractivity contribution in [2.24, 2.45) is 0 Å². The Morgan fingerprint density at radius 3 is 3.12 bits per heavy atom. The van der Waals surface area contributed by atoms with Gasteiger partial charge in [-0.2, -0.15) is 11.8 Å². The number of hydrogen-bond acceptors (Lipinski definition) is 5. The Morgan fingerprint density at radius 2 is 2.41 bits per heavy atom. The van der Waals surface area contributed by atoms with E-state index in [0.29, 0.717) is 5.69 Å². The summed E-state index contributed by atoms with van der Waals surface area (Å²) in [4.78, 5) is 10.7. The van der Waals surface area contributed by atoms with Crippen molar-refractivity contribution < 1.29 is 4.92 Å². The number of benzene rings is 1. The van der Waals surface area contributed by atoms with Crippen LogP contribution in [-0.2, 0) is 6.42 Å². The van der Waals surface area contributed by atoms with E-state index in [1.165, 1.54) is 0 Å². The van der Waals surface area contributed by atoms with Crippen molar-refractivity contribution in [1.29, 1.82) is 0 Å². The van der Waals surface area contributed by atoms with Crippen LogP contribution in [0.1, 0.15) is 5.56 Å². The van der Waals surface area contributed by atoms with Crippen LogP contribution in [0, 0.1) is 10.1 Å². The summed E-state index contributed by atoms with van der Waals surface area (Å²) in [7, 11) is 0. The maximum absolute atomic E-state index is 11.0. The molecule has 5 nitrogen and oxygen atoms in total. The average molecular weight is 253 g/mol. The molecule has 0 radical (unpaired) electrons. The number of nitro benzene ring substituents is 1. The summed E-state index contributed by atoms with van der Waals surface area (Å²) in [6.45, 7) is 1.60. The number of thioether (sulfide) groups is 1. The highest BCUT2D eigenvalue weighted by molar-refractivity contribution is 7.98. The fourth-order valence-corrected chi connectivity index (χ4v) is 2.32.